The van der Waals surface area contributed by atoms with E-state index in [1.165, 1.54) is 19.1 Å². The SMILES string of the molecule is COc1ccc(N2C(=O)CC(N(CCc3c[nH]c4ccccc34)C(=O)c3ccc(OC)c(OC)c3)C2=O)cc1. The molecule has 9 nitrogen and oxygen atoms in total. The van der Waals surface area contributed by atoms with Crippen LogP contribution in [0.15, 0.2) is 72.9 Å². The first-order chi connectivity index (χ1) is 18.9. The third kappa shape index (κ3) is 4.90. The van der Waals surface area contributed by atoms with Crippen molar-refractivity contribution in [3.05, 3.63) is 84.1 Å². The number of rotatable bonds is 9. The van der Waals surface area contributed by atoms with Gasteiger partial charge in [-0.2, -0.15) is 0 Å². The van der Waals surface area contributed by atoms with Gasteiger partial charge in [-0.05, 0) is 60.5 Å². The second-order valence-corrected chi connectivity index (χ2v) is 9.16. The number of anilines is 1. The molecule has 1 N–H and O–H groups in total. The summed E-state index contributed by atoms with van der Waals surface area (Å²) in [4.78, 5) is 46.6. The van der Waals surface area contributed by atoms with Crippen molar-refractivity contribution in [1.29, 1.82) is 0 Å². The molecule has 1 unspecified atom stereocenters. The molecule has 0 radical (unpaired) electrons. The smallest absolute Gasteiger partial charge is 0.257 e. The van der Waals surface area contributed by atoms with Crippen LogP contribution >= 0.6 is 0 Å². The molecule has 1 atom stereocenters. The maximum atomic E-state index is 13.9. The molecule has 1 saturated heterocycles. The molecule has 1 fully saturated rings. The fraction of sp³-hybridized carbons (Fsp3) is 0.233. The van der Waals surface area contributed by atoms with E-state index in [9.17, 15) is 14.4 Å². The van der Waals surface area contributed by atoms with Gasteiger partial charge < -0.3 is 24.1 Å². The number of ether oxygens (including phenoxy) is 3. The first-order valence-corrected chi connectivity index (χ1v) is 12.5. The Morgan fingerprint density at radius 3 is 2.41 bits per heavy atom. The zero-order valence-electron chi connectivity index (χ0n) is 22.0. The first kappa shape index (κ1) is 25.8. The molecule has 5 rings (SSSR count). The number of carbonyl (C=O) groups is 3. The van der Waals surface area contributed by atoms with E-state index in [1.807, 2.05) is 30.5 Å². The second kappa shape index (κ2) is 10.9. The Kier molecular flexibility index (Phi) is 7.23. The lowest BCUT2D eigenvalue weighted by atomic mass is 10.1. The van der Waals surface area contributed by atoms with Gasteiger partial charge in [0, 0.05) is 29.2 Å². The molecule has 0 saturated carbocycles. The second-order valence-electron chi connectivity index (χ2n) is 9.16. The number of methoxy groups -OCH3 is 3. The first-order valence-electron chi connectivity index (χ1n) is 12.5. The van der Waals surface area contributed by atoms with E-state index in [-0.39, 0.29) is 24.8 Å². The van der Waals surface area contributed by atoms with E-state index in [1.54, 1.807) is 49.6 Å². The number of H-pyrrole nitrogens is 1. The standard InChI is InChI=1S/C30H29N3O6/c1-37-22-11-9-21(10-12-22)33-28(34)17-25(30(33)36)32(15-14-20-18-31-24-7-5-4-6-23(20)24)29(35)19-8-13-26(38-2)27(16-19)39-3/h4-13,16,18,25,31H,14-15,17H2,1-3H3. The van der Waals surface area contributed by atoms with Crippen molar-refractivity contribution < 1.29 is 28.6 Å². The quantitative estimate of drug-likeness (QED) is 0.327. The topological polar surface area (TPSA) is 101 Å². The zero-order chi connectivity index (χ0) is 27.5. The van der Waals surface area contributed by atoms with Crippen molar-refractivity contribution in [3.63, 3.8) is 0 Å². The number of aromatic amines is 1. The van der Waals surface area contributed by atoms with Gasteiger partial charge in [0.15, 0.2) is 11.5 Å². The molecule has 200 valence electrons. The molecule has 9 heteroatoms. The van der Waals surface area contributed by atoms with Gasteiger partial charge in [0.1, 0.15) is 11.8 Å². The largest absolute Gasteiger partial charge is 0.497 e. The van der Waals surface area contributed by atoms with E-state index in [2.05, 4.69) is 4.98 Å². The number of nitrogens with one attached hydrogen (secondary N) is 1. The number of carbonyl (C=O) groups excluding carboxylic acids is 3. The van der Waals surface area contributed by atoms with Gasteiger partial charge in [-0.25, -0.2) is 4.90 Å². The minimum atomic E-state index is -0.953. The Morgan fingerprint density at radius 1 is 0.949 bits per heavy atom. The van der Waals surface area contributed by atoms with Crippen LogP contribution in [0.3, 0.4) is 0 Å². The highest BCUT2D eigenvalue weighted by atomic mass is 16.5. The number of benzene rings is 3. The average molecular weight is 528 g/mol. The molecule has 3 amide bonds. The van der Waals surface area contributed by atoms with Crippen LogP contribution in [0, 0.1) is 0 Å². The number of imide groups is 1. The number of fused-ring (bicyclic) bond motifs is 1. The van der Waals surface area contributed by atoms with Crippen LogP contribution < -0.4 is 19.1 Å². The van der Waals surface area contributed by atoms with Crippen molar-refractivity contribution >= 4 is 34.3 Å². The van der Waals surface area contributed by atoms with Gasteiger partial charge in [0.05, 0.1) is 33.4 Å². The van der Waals surface area contributed by atoms with E-state index >= 15 is 0 Å². The highest BCUT2D eigenvalue weighted by Gasteiger charge is 2.44. The fourth-order valence-corrected chi connectivity index (χ4v) is 4.98. The Balaban J connectivity index is 1.48. The van der Waals surface area contributed by atoms with Crippen LogP contribution in [0.25, 0.3) is 10.9 Å². The van der Waals surface area contributed by atoms with Gasteiger partial charge >= 0.3 is 0 Å². The summed E-state index contributed by atoms with van der Waals surface area (Å²) in [5, 5.41) is 1.05. The lowest BCUT2D eigenvalue weighted by Gasteiger charge is -2.28. The number of hydrogen-bond acceptors (Lipinski definition) is 6. The van der Waals surface area contributed by atoms with Gasteiger partial charge in [0.2, 0.25) is 5.91 Å². The van der Waals surface area contributed by atoms with E-state index in [0.717, 1.165) is 21.4 Å². The average Bonchev–Trinajstić information content (AvgIpc) is 3.52. The van der Waals surface area contributed by atoms with Gasteiger partial charge in [-0.3, -0.25) is 14.4 Å². The van der Waals surface area contributed by atoms with Crippen molar-refractivity contribution in [2.45, 2.75) is 18.9 Å². The maximum Gasteiger partial charge on any atom is 0.257 e. The van der Waals surface area contributed by atoms with E-state index in [4.69, 9.17) is 14.2 Å². The normalized spacial score (nSPS) is 15.1. The van der Waals surface area contributed by atoms with Crippen LogP contribution in [0.5, 0.6) is 17.2 Å². The van der Waals surface area contributed by atoms with Crippen LogP contribution in [0.1, 0.15) is 22.3 Å². The molecule has 0 aliphatic carbocycles. The van der Waals surface area contributed by atoms with Crippen molar-refractivity contribution in [2.75, 3.05) is 32.8 Å². The highest BCUT2D eigenvalue weighted by molar-refractivity contribution is 6.23. The van der Waals surface area contributed by atoms with Crippen molar-refractivity contribution in [1.82, 2.24) is 9.88 Å². The molecular weight excluding hydrogens is 498 g/mol. The summed E-state index contributed by atoms with van der Waals surface area (Å²) in [5.74, 6) is 0.299. The number of aromatic nitrogens is 1. The third-order valence-corrected chi connectivity index (χ3v) is 7.02. The van der Waals surface area contributed by atoms with Crippen LogP contribution in [-0.4, -0.2) is 61.5 Å². The summed E-state index contributed by atoms with van der Waals surface area (Å²) in [5.41, 5.74) is 2.76. The van der Waals surface area contributed by atoms with Crippen LogP contribution in [0.2, 0.25) is 0 Å². The molecular formula is C30H29N3O6. The lowest BCUT2D eigenvalue weighted by molar-refractivity contribution is -0.122. The van der Waals surface area contributed by atoms with E-state index < -0.39 is 11.9 Å². The van der Waals surface area contributed by atoms with Gasteiger partial charge in [0.25, 0.3) is 11.8 Å². The summed E-state index contributed by atoms with van der Waals surface area (Å²) in [7, 11) is 4.55. The van der Waals surface area contributed by atoms with Crippen molar-refractivity contribution in [3.8, 4) is 17.2 Å². The number of para-hydroxylation sites is 1. The minimum Gasteiger partial charge on any atom is -0.497 e. The molecule has 3 aromatic carbocycles. The highest BCUT2D eigenvalue weighted by Crippen LogP contribution is 2.31. The molecule has 1 aliphatic rings. The van der Waals surface area contributed by atoms with E-state index in [0.29, 0.717) is 34.9 Å². The van der Waals surface area contributed by atoms with Gasteiger partial charge in [-0.1, -0.05) is 18.2 Å². The van der Waals surface area contributed by atoms with Crippen molar-refractivity contribution in [2.24, 2.45) is 0 Å². The zero-order valence-corrected chi connectivity index (χ0v) is 22.0. The number of hydrogen-bond donors (Lipinski definition) is 1. The third-order valence-electron chi connectivity index (χ3n) is 7.02. The summed E-state index contributed by atoms with van der Waals surface area (Å²) < 4.78 is 15.9. The summed E-state index contributed by atoms with van der Waals surface area (Å²) >= 11 is 0. The molecule has 1 aromatic heterocycles. The molecule has 0 bridgehead atoms. The molecule has 2 heterocycles. The Bertz CT molecular complexity index is 1530. The molecule has 0 spiro atoms. The summed E-state index contributed by atoms with van der Waals surface area (Å²) in [6.07, 6.45) is 2.29. The fourth-order valence-electron chi connectivity index (χ4n) is 4.98. The predicted octanol–water partition coefficient (Wildman–Crippen LogP) is 4.21. The number of amides is 3. The van der Waals surface area contributed by atoms with Crippen LogP contribution in [-0.2, 0) is 16.0 Å². The Morgan fingerprint density at radius 2 is 1.69 bits per heavy atom. The molecule has 4 aromatic rings. The number of nitrogens with zero attached hydrogens (tertiary/aromatic N) is 2. The van der Waals surface area contributed by atoms with Gasteiger partial charge in [-0.15, -0.1) is 0 Å². The maximum absolute atomic E-state index is 13.9. The monoisotopic (exact) mass is 527 g/mol. The van der Waals surface area contributed by atoms with Crippen LogP contribution in [0.4, 0.5) is 5.69 Å². The molecule has 39 heavy (non-hydrogen) atoms. The predicted molar refractivity (Wildman–Crippen MR) is 146 cm³/mol. The summed E-state index contributed by atoms with van der Waals surface area (Å²) in [6, 6.07) is 18.5. The Labute approximate surface area is 225 Å². The summed E-state index contributed by atoms with van der Waals surface area (Å²) in [6.45, 7) is 0.231. The minimum absolute atomic E-state index is 0.113. The molecule has 1 aliphatic heterocycles. The lowest BCUT2D eigenvalue weighted by Crippen LogP contribution is -2.46. The Hall–Kier alpha value is -4.79.